The molecule has 0 aromatic rings. The number of hydrogen-bond donors (Lipinski definition) is 0. The van der Waals surface area contributed by atoms with Crippen LogP contribution >= 0.6 is 11.6 Å². The summed E-state index contributed by atoms with van der Waals surface area (Å²) < 4.78 is 0. The second kappa shape index (κ2) is 2.23. The molecule has 1 fully saturated rings. The zero-order chi connectivity index (χ0) is 7.83. The maximum absolute atomic E-state index is 10.6. The molecular formula is C8H13ClO. The van der Waals surface area contributed by atoms with Gasteiger partial charge in [0, 0.05) is 11.3 Å². The average Bonchev–Trinajstić information content (AvgIpc) is 2.37. The molecular weight excluding hydrogens is 148 g/mol. The molecule has 0 aliphatic heterocycles. The molecule has 1 atom stereocenters. The van der Waals surface area contributed by atoms with Crippen molar-refractivity contribution in [2.45, 2.75) is 26.7 Å². The van der Waals surface area contributed by atoms with E-state index >= 15 is 0 Å². The smallest absolute Gasteiger partial charge is 0.126 e. The van der Waals surface area contributed by atoms with Crippen molar-refractivity contribution in [3.63, 3.8) is 0 Å². The van der Waals surface area contributed by atoms with E-state index in [2.05, 4.69) is 13.8 Å². The molecule has 1 rings (SSSR count). The van der Waals surface area contributed by atoms with Crippen molar-refractivity contribution in [2.75, 3.05) is 5.88 Å². The number of alkyl halides is 1. The fourth-order valence-electron chi connectivity index (χ4n) is 1.60. The van der Waals surface area contributed by atoms with Crippen LogP contribution in [0.2, 0.25) is 0 Å². The summed E-state index contributed by atoms with van der Waals surface area (Å²) in [4.78, 5) is 10.6. The lowest BCUT2D eigenvalue weighted by Crippen LogP contribution is -2.10. The van der Waals surface area contributed by atoms with Crippen LogP contribution in [0.3, 0.4) is 0 Å². The van der Waals surface area contributed by atoms with Crippen LogP contribution in [0.15, 0.2) is 0 Å². The first kappa shape index (κ1) is 8.06. The second-order valence-corrected chi connectivity index (χ2v) is 4.15. The van der Waals surface area contributed by atoms with Crippen LogP contribution < -0.4 is 0 Å². The fraction of sp³-hybridized carbons (Fsp3) is 0.875. The molecule has 1 aliphatic carbocycles. The van der Waals surface area contributed by atoms with Crippen molar-refractivity contribution in [2.24, 2.45) is 10.8 Å². The van der Waals surface area contributed by atoms with Crippen LogP contribution in [-0.4, -0.2) is 12.2 Å². The van der Waals surface area contributed by atoms with Crippen LogP contribution in [-0.2, 0) is 4.79 Å². The van der Waals surface area contributed by atoms with Crippen molar-refractivity contribution in [1.29, 1.82) is 0 Å². The SMILES string of the molecule is CC1(C)CC1(C=O)CCCl. The minimum Gasteiger partial charge on any atom is -0.303 e. The number of hydrogen-bond acceptors (Lipinski definition) is 1. The third-order valence-electron chi connectivity index (χ3n) is 2.75. The molecule has 0 bridgehead atoms. The Morgan fingerprint density at radius 1 is 1.60 bits per heavy atom. The molecule has 0 amide bonds. The van der Waals surface area contributed by atoms with E-state index in [1.54, 1.807) is 0 Å². The summed E-state index contributed by atoms with van der Waals surface area (Å²) in [5, 5.41) is 0. The van der Waals surface area contributed by atoms with Crippen LogP contribution in [0.25, 0.3) is 0 Å². The summed E-state index contributed by atoms with van der Waals surface area (Å²) in [7, 11) is 0. The van der Waals surface area contributed by atoms with Crippen LogP contribution in [0.5, 0.6) is 0 Å². The predicted molar refractivity (Wildman–Crippen MR) is 42.2 cm³/mol. The van der Waals surface area contributed by atoms with Gasteiger partial charge in [0.25, 0.3) is 0 Å². The highest BCUT2D eigenvalue weighted by Gasteiger charge is 2.60. The Hall–Kier alpha value is -0.0400. The Bertz CT molecular complexity index is 153. The van der Waals surface area contributed by atoms with Gasteiger partial charge in [-0.05, 0) is 18.3 Å². The van der Waals surface area contributed by atoms with E-state index in [0.29, 0.717) is 5.88 Å². The number of carbonyl (C=O) groups is 1. The Morgan fingerprint density at radius 3 is 2.20 bits per heavy atom. The highest BCUT2D eigenvalue weighted by Crippen LogP contribution is 2.64. The van der Waals surface area contributed by atoms with Gasteiger partial charge < -0.3 is 4.79 Å². The molecule has 58 valence electrons. The maximum atomic E-state index is 10.6. The first-order valence-electron chi connectivity index (χ1n) is 3.60. The van der Waals surface area contributed by atoms with Gasteiger partial charge in [-0.15, -0.1) is 11.6 Å². The summed E-state index contributed by atoms with van der Waals surface area (Å²) in [6.45, 7) is 4.24. The second-order valence-electron chi connectivity index (χ2n) is 3.77. The molecule has 0 spiro atoms. The predicted octanol–water partition coefficient (Wildman–Crippen LogP) is 2.23. The summed E-state index contributed by atoms with van der Waals surface area (Å²) in [5.74, 6) is 0.599. The number of carbonyl (C=O) groups excluding carboxylic acids is 1. The third kappa shape index (κ3) is 0.968. The van der Waals surface area contributed by atoms with Gasteiger partial charge in [-0.1, -0.05) is 13.8 Å². The van der Waals surface area contributed by atoms with Crippen molar-refractivity contribution >= 4 is 17.9 Å². The van der Waals surface area contributed by atoms with E-state index in [1.807, 2.05) is 0 Å². The summed E-state index contributed by atoms with van der Waals surface area (Å²) in [5.41, 5.74) is 0.137. The Kier molecular flexibility index (Phi) is 1.80. The van der Waals surface area contributed by atoms with Gasteiger partial charge in [-0.25, -0.2) is 0 Å². The first-order valence-corrected chi connectivity index (χ1v) is 4.14. The van der Waals surface area contributed by atoms with Gasteiger partial charge >= 0.3 is 0 Å². The highest BCUT2D eigenvalue weighted by molar-refractivity contribution is 6.18. The largest absolute Gasteiger partial charge is 0.303 e. The van der Waals surface area contributed by atoms with E-state index in [1.165, 1.54) is 0 Å². The quantitative estimate of drug-likeness (QED) is 0.457. The monoisotopic (exact) mass is 160 g/mol. The number of halogens is 1. The molecule has 0 radical (unpaired) electrons. The van der Waals surface area contributed by atoms with E-state index < -0.39 is 0 Å². The Morgan fingerprint density at radius 2 is 2.10 bits per heavy atom. The lowest BCUT2D eigenvalue weighted by molar-refractivity contribution is -0.113. The van der Waals surface area contributed by atoms with Gasteiger partial charge in [0.2, 0.25) is 0 Å². The van der Waals surface area contributed by atoms with Crippen LogP contribution in [0, 0.1) is 10.8 Å². The lowest BCUT2D eigenvalue weighted by Gasteiger charge is -2.09. The van der Waals surface area contributed by atoms with Gasteiger partial charge in [0.05, 0.1) is 0 Å². The molecule has 0 saturated heterocycles. The van der Waals surface area contributed by atoms with Gasteiger partial charge in [-0.3, -0.25) is 0 Å². The van der Waals surface area contributed by atoms with Crippen molar-refractivity contribution in [3.05, 3.63) is 0 Å². The van der Waals surface area contributed by atoms with Gasteiger partial charge in [-0.2, -0.15) is 0 Å². The van der Waals surface area contributed by atoms with E-state index in [0.717, 1.165) is 19.1 Å². The molecule has 1 nitrogen and oxygen atoms in total. The maximum Gasteiger partial charge on any atom is 0.126 e. The molecule has 10 heavy (non-hydrogen) atoms. The fourth-order valence-corrected chi connectivity index (χ4v) is 1.94. The topological polar surface area (TPSA) is 17.1 Å². The zero-order valence-electron chi connectivity index (χ0n) is 6.48. The Labute approximate surface area is 66.8 Å². The molecule has 0 aromatic heterocycles. The lowest BCUT2D eigenvalue weighted by atomic mass is 9.95. The number of aldehydes is 1. The van der Waals surface area contributed by atoms with Crippen LogP contribution in [0.4, 0.5) is 0 Å². The van der Waals surface area contributed by atoms with Crippen LogP contribution in [0.1, 0.15) is 26.7 Å². The summed E-state index contributed by atoms with van der Waals surface area (Å²) in [6.07, 6.45) is 2.93. The molecule has 1 unspecified atom stereocenters. The standard InChI is InChI=1S/C8H13ClO/c1-7(2)5-8(7,6-10)3-4-9/h6H,3-5H2,1-2H3. The molecule has 0 aromatic carbocycles. The molecule has 1 aliphatic rings. The summed E-state index contributed by atoms with van der Waals surface area (Å²) in [6, 6.07) is 0. The van der Waals surface area contributed by atoms with Crippen molar-refractivity contribution in [1.82, 2.24) is 0 Å². The van der Waals surface area contributed by atoms with Crippen molar-refractivity contribution in [3.8, 4) is 0 Å². The molecule has 0 N–H and O–H groups in total. The zero-order valence-corrected chi connectivity index (χ0v) is 7.24. The molecule has 1 saturated carbocycles. The minimum absolute atomic E-state index is 0.0747. The van der Waals surface area contributed by atoms with E-state index in [-0.39, 0.29) is 10.8 Å². The normalized spacial score (nSPS) is 35.5. The number of rotatable bonds is 3. The summed E-state index contributed by atoms with van der Waals surface area (Å²) >= 11 is 5.57. The third-order valence-corrected chi connectivity index (χ3v) is 2.94. The molecule has 0 heterocycles. The van der Waals surface area contributed by atoms with Gasteiger partial charge in [0.15, 0.2) is 0 Å². The van der Waals surface area contributed by atoms with Crippen molar-refractivity contribution < 1.29 is 4.79 Å². The molecule has 2 heteroatoms. The van der Waals surface area contributed by atoms with Gasteiger partial charge in [0.1, 0.15) is 6.29 Å². The van der Waals surface area contributed by atoms with E-state index in [4.69, 9.17) is 11.6 Å². The first-order chi connectivity index (χ1) is 4.58. The average molecular weight is 161 g/mol. The highest BCUT2D eigenvalue weighted by atomic mass is 35.5. The minimum atomic E-state index is -0.0747. The Balaban J connectivity index is 2.59. The van der Waals surface area contributed by atoms with E-state index in [9.17, 15) is 4.79 Å².